The van der Waals surface area contributed by atoms with Crippen LogP contribution in [0, 0.1) is 17.6 Å². The average Bonchev–Trinajstić information content (AvgIpc) is 2.54. The fourth-order valence-corrected chi connectivity index (χ4v) is 3.42. The molecule has 23 heavy (non-hydrogen) atoms. The van der Waals surface area contributed by atoms with Crippen LogP contribution in [0.1, 0.15) is 70.3 Å². The van der Waals surface area contributed by atoms with E-state index in [9.17, 15) is 13.6 Å². The lowest BCUT2D eigenvalue weighted by Crippen LogP contribution is -2.24. The zero-order chi connectivity index (χ0) is 16.8. The zero-order valence-electron chi connectivity index (χ0n) is 14.0. The molecule has 1 aliphatic carbocycles. The summed E-state index contributed by atoms with van der Waals surface area (Å²) < 4.78 is 33.3. The molecule has 2 atom stereocenters. The Morgan fingerprint density at radius 2 is 1.91 bits per heavy atom. The van der Waals surface area contributed by atoms with E-state index in [0.717, 1.165) is 38.5 Å². The molecule has 0 radical (unpaired) electrons. The number of hydrogen-bond acceptors (Lipinski definition) is 2. The fraction of sp³-hybridized carbons (Fsp3) is 0.632. The highest BCUT2D eigenvalue weighted by molar-refractivity contribution is 5.82. The van der Waals surface area contributed by atoms with Gasteiger partial charge < -0.3 is 4.74 Å². The maximum atomic E-state index is 14.3. The fourth-order valence-electron chi connectivity index (χ4n) is 3.42. The molecule has 0 spiro atoms. The van der Waals surface area contributed by atoms with Gasteiger partial charge in [-0.1, -0.05) is 32.3 Å². The third-order valence-electron chi connectivity index (χ3n) is 4.74. The first-order chi connectivity index (χ1) is 11.1. The van der Waals surface area contributed by atoms with Crippen molar-refractivity contribution in [2.24, 2.45) is 5.92 Å². The summed E-state index contributed by atoms with van der Waals surface area (Å²) in [6, 6.07) is 3.04. The van der Waals surface area contributed by atoms with Crippen molar-refractivity contribution in [2.45, 2.75) is 64.7 Å². The second kappa shape index (κ2) is 8.42. The summed E-state index contributed by atoms with van der Waals surface area (Å²) in [5.74, 6) is -1.78. The molecule has 0 amide bonds. The molecular weight excluding hydrogens is 298 g/mol. The van der Waals surface area contributed by atoms with E-state index in [-0.39, 0.29) is 30.0 Å². The van der Waals surface area contributed by atoms with Crippen LogP contribution in [0.4, 0.5) is 8.78 Å². The molecule has 0 saturated heterocycles. The molecule has 0 N–H and O–H groups in total. The first kappa shape index (κ1) is 17.9. The number of unbranched alkanes of at least 4 members (excludes halogenated alkanes) is 2. The highest BCUT2D eigenvalue weighted by atomic mass is 19.2. The van der Waals surface area contributed by atoms with Gasteiger partial charge in [-0.05, 0) is 43.7 Å². The molecule has 0 aromatic heterocycles. The van der Waals surface area contributed by atoms with Gasteiger partial charge in [0.25, 0.3) is 0 Å². The van der Waals surface area contributed by atoms with Gasteiger partial charge in [-0.15, -0.1) is 0 Å². The largest absolute Gasteiger partial charge is 0.491 e. The summed E-state index contributed by atoms with van der Waals surface area (Å²) in [5, 5.41) is 0. The van der Waals surface area contributed by atoms with E-state index in [0.29, 0.717) is 12.0 Å². The van der Waals surface area contributed by atoms with E-state index in [1.807, 2.05) is 0 Å². The molecule has 2 nitrogen and oxygen atoms in total. The van der Waals surface area contributed by atoms with Crippen LogP contribution in [-0.2, 0) is 4.79 Å². The third-order valence-corrected chi connectivity index (χ3v) is 4.74. The van der Waals surface area contributed by atoms with Crippen molar-refractivity contribution < 1.29 is 18.3 Å². The Balaban J connectivity index is 2.04. The van der Waals surface area contributed by atoms with Crippen LogP contribution >= 0.6 is 0 Å². The number of ketones is 1. The molecule has 1 aromatic carbocycles. The van der Waals surface area contributed by atoms with Gasteiger partial charge in [-0.2, -0.15) is 4.39 Å². The Morgan fingerprint density at radius 3 is 2.57 bits per heavy atom. The van der Waals surface area contributed by atoms with E-state index in [1.54, 1.807) is 13.0 Å². The Kier molecular flexibility index (Phi) is 6.55. The quantitative estimate of drug-likeness (QED) is 0.628. The molecule has 0 aliphatic heterocycles. The monoisotopic (exact) mass is 324 g/mol. The maximum absolute atomic E-state index is 14.3. The van der Waals surface area contributed by atoms with Gasteiger partial charge in [-0.25, -0.2) is 4.39 Å². The zero-order valence-corrected chi connectivity index (χ0v) is 14.0. The van der Waals surface area contributed by atoms with Crippen LogP contribution in [0.2, 0.25) is 0 Å². The lowest BCUT2D eigenvalue weighted by atomic mass is 9.76. The number of carbonyl (C=O) groups is 1. The van der Waals surface area contributed by atoms with Gasteiger partial charge in [0.2, 0.25) is 5.82 Å². The molecule has 0 bridgehead atoms. The molecule has 128 valence electrons. The average molecular weight is 324 g/mol. The first-order valence-corrected chi connectivity index (χ1v) is 8.71. The Hall–Kier alpha value is -1.45. The van der Waals surface area contributed by atoms with Gasteiger partial charge in [0, 0.05) is 12.3 Å². The van der Waals surface area contributed by atoms with Gasteiger partial charge in [-0.3, -0.25) is 4.79 Å². The minimum absolute atomic E-state index is 0.0617. The molecule has 2 unspecified atom stereocenters. The number of carbonyl (C=O) groups excluding carboxylic acids is 1. The molecule has 4 heteroatoms. The summed E-state index contributed by atoms with van der Waals surface area (Å²) in [7, 11) is 0. The van der Waals surface area contributed by atoms with Crippen molar-refractivity contribution in [3.05, 3.63) is 29.3 Å². The number of benzene rings is 1. The van der Waals surface area contributed by atoms with Gasteiger partial charge in [0.05, 0.1) is 6.61 Å². The van der Waals surface area contributed by atoms with Crippen molar-refractivity contribution in [2.75, 3.05) is 6.61 Å². The van der Waals surface area contributed by atoms with Gasteiger partial charge in [0.1, 0.15) is 5.78 Å². The smallest absolute Gasteiger partial charge is 0.200 e. The lowest BCUT2D eigenvalue weighted by Gasteiger charge is -2.28. The Morgan fingerprint density at radius 1 is 1.13 bits per heavy atom. The van der Waals surface area contributed by atoms with Crippen molar-refractivity contribution in [1.82, 2.24) is 0 Å². The summed E-state index contributed by atoms with van der Waals surface area (Å²) in [6.45, 7) is 4.16. The van der Waals surface area contributed by atoms with Crippen molar-refractivity contribution >= 4 is 5.78 Å². The summed E-state index contributed by atoms with van der Waals surface area (Å²) in [5.41, 5.74) is 0.311. The lowest BCUT2D eigenvalue weighted by molar-refractivity contribution is -0.125. The predicted octanol–water partition coefficient (Wildman–Crippen LogP) is 5.40. The number of hydrogen-bond donors (Lipinski definition) is 0. The van der Waals surface area contributed by atoms with Crippen LogP contribution in [0.3, 0.4) is 0 Å². The summed E-state index contributed by atoms with van der Waals surface area (Å²) in [4.78, 5) is 12.3. The van der Waals surface area contributed by atoms with Crippen LogP contribution < -0.4 is 4.74 Å². The molecule has 2 rings (SSSR count). The van der Waals surface area contributed by atoms with Gasteiger partial charge >= 0.3 is 0 Å². The highest BCUT2D eigenvalue weighted by Gasteiger charge is 2.31. The molecule has 0 heterocycles. The maximum Gasteiger partial charge on any atom is 0.200 e. The molecule has 1 saturated carbocycles. The van der Waals surface area contributed by atoms with E-state index < -0.39 is 11.6 Å². The number of Topliss-reactive ketones (excluding diaryl/α,β-unsaturated/α-hetero) is 1. The van der Waals surface area contributed by atoms with E-state index in [1.165, 1.54) is 6.07 Å². The predicted molar refractivity (Wildman–Crippen MR) is 86.8 cm³/mol. The number of rotatable bonds is 7. The normalized spacial score (nSPS) is 21.5. The van der Waals surface area contributed by atoms with E-state index in [2.05, 4.69) is 6.92 Å². The van der Waals surface area contributed by atoms with Crippen LogP contribution in [0.15, 0.2) is 12.1 Å². The first-order valence-electron chi connectivity index (χ1n) is 8.71. The third kappa shape index (κ3) is 4.30. The SMILES string of the molecule is CCCCCC1CCC(c2ccc(OCC)c(F)c2F)CC1=O. The minimum atomic E-state index is -0.943. The second-order valence-corrected chi connectivity index (χ2v) is 6.35. The van der Waals surface area contributed by atoms with Crippen LogP contribution in [0.25, 0.3) is 0 Å². The summed E-state index contributed by atoms with van der Waals surface area (Å²) >= 11 is 0. The standard InChI is InChI=1S/C19H26F2O2/c1-3-5-6-7-13-8-9-14(12-16(13)22)15-10-11-17(23-4-2)19(21)18(15)20/h10-11,13-14H,3-9,12H2,1-2H3. The van der Waals surface area contributed by atoms with Crippen LogP contribution in [-0.4, -0.2) is 12.4 Å². The van der Waals surface area contributed by atoms with Crippen molar-refractivity contribution in [3.8, 4) is 5.75 Å². The highest BCUT2D eigenvalue weighted by Crippen LogP contribution is 2.38. The molecular formula is C19H26F2O2. The van der Waals surface area contributed by atoms with Crippen molar-refractivity contribution in [3.63, 3.8) is 0 Å². The topological polar surface area (TPSA) is 26.3 Å². The molecule has 1 aliphatic rings. The van der Waals surface area contributed by atoms with Gasteiger partial charge in [0.15, 0.2) is 11.6 Å². The summed E-state index contributed by atoms with van der Waals surface area (Å²) in [6.07, 6.45) is 6.13. The van der Waals surface area contributed by atoms with Crippen molar-refractivity contribution in [1.29, 1.82) is 0 Å². The number of halogens is 2. The second-order valence-electron chi connectivity index (χ2n) is 6.35. The van der Waals surface area contributed by atoms with E-state index >= 15 is 0 Å². The molecule has 1 aromatic rings. The van der Waals surface area contributed by atoms with E-state index in [4.69, 9.17) is 4.74 Å². The molecule has 1 fully saturated rings. The number of ether oxygens (including phenoxy) is 1. The minimum Gasteiger partial charge on any atom is -0.491 e. The van der Waals surface area contributed by atoms with Crippen LogP contribution in [0.5, 0.6) is 5.75 Å². The Bertz CT molecular complexity index is 542. The Labute approximate surface area is 137 Å².